The molecule has 2 rings (SSSR count). The Hall–Kier alpha value is -1.10. The fraction of sp³-hybridized carbons (Fsp3) is 0.143. The van der Waals surface area contributed by atoms with Crippen LogP contribution in [0.5, 0.6) is 0 Å². The summed E-state index contributed by atoms with van der Waals surface area (Å²) in [6.45, 7) is 1.99. The largest absolute Gasteiger partial charge is 0.366 e. The quantitative estimate of drug-likeness (QED) is 0.739. The third-order valence-corrected chi connectivity index (χ3v) is 2.48. The number of fused-ring (bicyclic) bond motifs is 1. The average Bonchev–Trinajstić information content (AvgIpc) is 2.30. The molecule has 0 atom stereocenters. The number of hydrogen-bond donors (Lipinski definition) is 1. The van der Waals surface area contributed by atoms with Gasteiger partial charge in [0, 0.05) is 10.7 Å². The molecule has 12 heavy (non-hydrogen) atoms. The average molecular weight is 227 g/mol. The first-order chi connectivity index (χ1) is 5.66. The van der Waals surface area contributed by atoms with Gasteiger partial charge in [-0.15, -0.1) is 5.10 Å². The van der Waals surface area contributed by atoms with E-state index in [0.29, 0.717) is 5.95 Å². The molecule has 2 heterocycles. The van der Waals surface area contributed by atoms with Crippen molar-refractivity contribution in [1.82, 2.24) is 14.6 Å². The van der Waals surface area contributed by atoms with E-state index in [4.69, 9.17) is 5.73 Å². The van der Waals surface area contributed by atoms with E-state index >= 15 is 0 Å². The molecule has 0 saturated heterocycles. The van der Waals surface area contributed by atoms with Gasteiger partial charge in [-0.05, 0) is 18.6 Å². The normalized spacial score (nSPS) is 10.8. The number of nitrogen functional groups attached to an aromatic ring is 1. The smallest absolute Gasteiger partial charge is 0.240 e. The number of anilines is 1. The van der Waals surface area contributed by atoms with Gasteiger partial charge in [-0.1, -0.05) is 15.9 Å². The number of nitrogens with zero attached hydrogens (tertiary/aromatic N) is 3. The number of aryl methyl sites for hydroxylation is 1. The number of hydrogen-bond acceptors (Lipinski definition) is 3. The zero-order valence-electron chi connectivity index (χ0n) is 6.45. The summed E-state index contributed by atoms with van der Waals surface area (Å²) in [6, 6.07) is 1.89. The van der Waals surface area contributed by atoms with E-state index in [1.165, 1.54) is 0 Å². The van der Waals surface area contributed by atoms with Crippen molar-refractivity contribution < 1.29 is 0 Å². The highest BCUT2D eigenvalue weighted by molar-refractivity contribution is 9.10. The molecule has 5 heteroatoms. The summed E-state index contributed by atoms with van der Waals surface area (Å²) in [5.74, 6) is 0.299. The molecule has 0 radical (unpaired) electrons. The van der Waals surface area contributed by atoms with E-state index in [0.717, 1.165) is 15.7 Å². The van der Waals surface area contributed by atoms with Crippen molar-refractivity contribution in [1.29, 1.82) is 0 Å². The van der Waals surface area contributed by atoms with Gasteiger partial charge in [0.25, 0.3) is 0 Å². The van der Waals surface area contributed by atoms with E-state index in [1.54, 1.807) is 4.52 Å². The zero-order chi connectivity index (χ0) is 8.72. The lowest BCUT2D eigenvalue weighted by Crippen LogP contribution is -1.90. The minimum atomic E-state index is 0.299. The van der Waals surface area contributed by atoms with Crippen LogP contribution in [0.4, 0.5) is 5.95 Å². The van der Waals surface area contributed by atoms with Crippen molar-refractivity contribution in [2.75, 3.05) is 5.73 Å². The maximum Gasteiger partial charge on any atom is 0.240 e. The Morgan fingerprint density at radius 2 is 2.33 bits per heavy atom. The highest BCUT2D eigenvalue weighted by Crippen LogP contribution is 2.17. The summed E-state index contributed by atoms with van der Waals surface area (Å²) in [6.07, 6.45) is 1.88. The Morgan fingerprint density at radius 3 is 3.08 bits per heavy atom. The summed E-state index contributed by atoms with van der Waals surface area (Å²) < 4.78 is 2.68. The molecule has 0 fully saturated rings. The van der Waals surface area contributed by atoms with Crippen LogP contribution in [0.15, 0.2) is 16.7 Å². The third-order valence-electron chi connectivity index (χ3n) is 1.62. The number of rotatable bonds is 0. The van der Waals surface area contributed by atoms with Gasteiger partial charge in [-0.25, -0.2) is 4.52 Å². The Bertz CT molecular complexity index is 395. The third kappa shape index (κ3) is 1.06. The van der Waals surface area contributed by atoms with Gasteiger partial charge in [0.05, 0.1) is 0 Å². The van der Waals surface area contributed by atoms with Crippen molar-refractivity contribution in [2.24, 2.45) is 0 Å². The number of nitrogens with two attached hydrogens (primary N) is 1. The predicted octanol–water partition coefficient (Wildman–Crippen LogP) is 1.38. The van der Waals surface area contributed by atoms with Gasteiger partial charge in [0.2, 0.25) is 5.95 Å². The lowest BCUT2D eigenvalue weighted by Gasteiger charge is -1.96. The highest BCUT2D eigenvalue weighted by atomic mass is 79.9. The van der Waals surface area contributed by atoms with Crippen LogP contribution in [0.1, 0.15) is 5.56 Å². The Balaban J connectivity index is 2.83. The molecule has 0 saturated carbocycles. The fourth-order valence-electron chi connectivity index (χ4n) is 1.02. The van der Waals surface area contributed by atoms with Crippen LogP contribution < -0.4 is 5.73 Å². The van der Waals surface area contributed by atoms with Crippen molar-refractivity contribution in [3.63, 3.8) is 0 Å². The molecular weight excluding hydrogens is 220 g/mol. The number of pyridine rings is 1. The zero-order valence-corrected chi connectivity index (χ0v) is 8.04. The maximum absolute atomic E-state index is 5.43. The van der Waals surface area contributed by atoms with Crippen molar-refractivity contribution >= 4 is 27.5 Å². The molecule has 0 aliphatic heterocycles. The van der Waals surface area contributed by atoms with E-state index in [1.807, 2.05) is 19.2 Å². The molecule has 62 valence electrons. The second-order valence-electron chi connectivity index (χ2n) is 2.58. The van der Waals surface area contributed by atoms with Gasteiger partial charge in [-0.2, -0.15) is 4.98 Å². The molecule has 0 aromatic carbocycles. The second-order valence-corrected chi connectivity index (χ2v) is 3.43. The van der Waals surface area contributed by atoms with Crippen LogP contribution in [-0.2, 0) is 0 Å². The Morgan fingerprint density at radius 1 is 1.58 bits per heavy atom. The molecule has 0 amide bonds. The van der Waals surface area contributed by atoms with E-state index in [9.17, 15) is 0 Å². The molecule has 0 unspecified atom stereocenters. The van der Waals surface area contributed by atoms with E-state index in [2.05, 4.69) is 26.0 Å². The summed E-state index contributed by atoms with van der Waals surface area (Å²) in [5.41, 5.74) is 7.29. The molecule has 4 nitrogen and oxygen atoms in total. The lowest BCUT2D eigenvalue weighted by molar-refractivity contribution is 0.955. The first-order valence-corrected chi connectivity index (χ1v) is 4.24. The van der Waals surface area contributed by atoms with Crippen LogP contribution in [0.2, 0.25) is 0 Å². The summed E-state index contributed by atoms with van der Waals surface area (Å²) >= 11 is 3.40. The lowest BCUT2D eigenvalue weighted by atomic mass is 10.3. The summed E-state index contributed by atoms with van der Waals surface area (Å²) in [7, 11) is 0. The van der Waals surface area contributed by atoms with Crippen LogP contribution in [0.25, 0.3) is 5.65 Å². The topological polar surface area (TPSA) is 56.2 Å². The van der Waals surface area contributed by atoms with Crippen molar-refractivity contribution in [3.8, 4) is 0 Å². The van der Waals surface area contributed by atoms with Gasteiger partial charge >= 0.3 is 0 Å². The number of aromatic nitrogens is 3. The Labute approximate surface area is 77.5 Å². The molecular formula is C7H7BrN4. The second kappa shape index (κ2) is 2.45. The van der Waals surface area contributed by atoms with Gasteiger partial charge in [0.15, 0.2) is 5.65 Å². The molecule has 0 aliphatic rings. The predicted molar refractivity (Wildman–Crippen MR) is 49.8 cm³/mol. The van der Waals surface area contributed by atoms with Crippen molar-refractivity contribution in [3.05, 3.63) is 22.3 Å². The highest BCUT2D eigenvalue weighted by Gasteiger charge is 2.02. The van der Waals surface area contributed by atoms with Crippen LogP contribution in [0.3, 0.4) is 0 Å². The molecule has 2 aromatic heterocycles. The first-order valence-electron chi connectivity index (χ1n) is 3.45. The van der Waals surface area contributed by atoms with Gasteiger partial charge in [0.1, 0.15) is 0 Å². The van der Waals surface area contributed by atoms with Crippen LogP contribution >= 0.6 is 15.9 Å². The van der Waals surface area contributed by atoms with Crippen LogP contribution in [-0.4, -0.2) is 14.6 Å². The van der Waals surface area contributed by atoms with E-state index in [-0.39, 0.29) is 0 Å². The minimum Gasteiger partial charge on any atom is -0.366 e. The minimum absolute atomic E-state index is 0.299. The summed E-state index contributed by atoms with van der Waals surface area (Å²) in [4.78, 5) is 4.01. The molecule has 0 aliphatic carbocycles. The standard InChI is InChI=1S/C7H7BrN4/c1-4-3-12-6(2-5(4)8)10-7(9)11-12/h2-3H,1H3,(H2,9,11). The number of halogens is 1. The monoisotopic (exact) mass is 226 g/mol. The van der Waals surface area contributed by atoms with E-state index < -0.39 is 0 Å². The molecule has 0 bridgehead atoms. The summed E-state index contributed by atoms with van der Waals surface area (Å²) in [5, 5.41) is 3.98. The molecule has 0 spiro atoms. The van der Waals surface area contributed by atoms with Gasteiger partial charge in [-0.3, -0.25) is 0 Å². The van der Waals surface area contributed by atoms with Crippen LogP contribution in [0, 0.1) is 6.92 Å². The molecule has 2 N–H and O–H groups in total. The molecule has 2 aromatic rings. The fourth-order valence-corrected chi connectivity index (χ4v) is 1.33. The first kappa shape index (κ1) is 7.54. The Kier molecular flexibility index (Phi) is 1.54. The van der Waals surface area contributed by atoms with Crippen molar-refractivity contribution in [2.45, 2.75) is 6.92 Å². The van der Waals surface area contributed by atoms with Gasteiger partial charge < -0.3 is 5.73 Å². The maximum atomic E-state index is 5.43. The SMILES string of the molecule is Cc1cn2nc(N)nc2cc1Br.